The van der Waals surface area contributed by atoms with Gasteiger partial charge in [-0.15, -0.1) is 0 Å². The summed E-state index contributed by atoms with van der Waals surface area (Å²) < 4.78 is 15.7. The lowest BCUT2D eigenvalue weighted by molar-refractivity contribution is -0.130. The molecule has 0 spiro atoms. The number of halogens is 1. The largest absolute Gasteiger partial charge is 0.423 e. The minimum atomic E-state index is -0.554. The van der Waals surface area contributed by atoms with Crippen LogP contribution in [0.3, 0.4) is 0 Å². The number of esters is 2. The van der Waals surface area contributed by atoms with Crippen LogP contribution in [-0.2, 0) is 20.9 Å². The highest BCUT2D eigenvalue weighted by atomic mass is 35.5. The fourth-order valence-corrected chi connectivity index (χ4v) is 2.58. The molecule has 0 fully saturated rings. The third kappa shape index (κ3) is 5.09. The molecule has 2 rings (SSSR count). The zero-order valence-corrected chi connectivity index (χ0v) is 16.8. The van der Waals surface area contributed by atoms with E-state index in [0.29, 0.717) is 16.9 Å². The van der Waals surface area contributed by atoms with E-state index in [9.17, 15) is 9.59 Å². The Morgan fingerprint density at radius 3 is 2.04 bits per heavy atom. The van der Waals surface area contributed by atoms with Crippen molar-refractivity contribution in [3.05, 3.63) is 71.3 Å². The van der Waals surface area contributed by atoms with Crippen molar-refractivity contribution in [2.24, 2.45) is 0 Å². The van der Waals surface area contributed by atoms with Gasteiger partial charge in [-0.25, -0.2) is 9.59 Å². The highest BCUT2D eigenvalue weighted by Gasteiger charge is 2.17. The summed E-state index contributed by atoms with van der Waals surface area (Å²) in [5, 5.41) is 0.284. The second-order valence-corrected chi connectivity index (χ2v) is 6.58. The smallest absolute Gasteiger partial charge is 0.338 e. The molecule has 0 amide bonds. The van der Waals surface area contributed by atoms with Gasteiger partial charge in [0.15, 0.2) is 0 Å². The van der Waals surface area contributed by atoms with Crippen LogP contribution in [0.1, 0.15) is 19.4 Å². The molecule has 2 aromatic rings. The number of hydrogen-bond donors (Lipinski definition) is 0. The van der Waals surface area contributed by atoms with E-state index >= 15 is 0 Å². The number of benzene rings is 2. The molecule has 0 aromatic heterocycles. The van der Waals surface area contributed by atoms with Crippen molar-refractivity contribution < 1.29 is 23.8 Å². The molecule has 0 atom stereocenters. The molecule has 0 unspecified atom stereocenters. The van der Waals surface area contributed by atoms with Gasteiger partial charge in [-0.05, 0) is 43.2 Å². The molecule has 0 aliphatic rings. The average Bonchev–Trinajstić information content (AvgIpc) is 2.65. The monoisotopic (exact) mass is 400 g/mol. The summed E-state index contributed by atoms with van der Waals surface area (Å²) in [6.45, 7) is 10.5. The topological polar surface area (TPSA) is 61.8 Å². The predicted octanol–water partition coefficient (Wildman–Crippen LogP) is 5.12. The molecule has 146 valence electrons. The van der Waals surface area contributed by atoms with Gasteiger partial charge in [0.2, 0.25) is 0 Å². The van der Waals surface area contributed by atoms with Crippen LogP contribution < -0.4 is 9.47 Å². The minimum absolute atomic E-state index is 0.221. The molecule has 0 heterocycles. The van der Waals surface area contributed by atoms with Crippen molar-refractivity contribution in [1.82, 2.24) is 0 Å². The third-order valence-electron chi connectivity index (χ3n) is 3.77. The molecule has 2 aromatic carbocycles. The van der Waals surface area contributed by atoms with Gasteiger partial charge in [-0.3, -0.25) is 0 Å². The van der Waals surface area contributed by atoms with Crippen LogP contribution in [0.15, 0.2) is 60.7 Å². The quantitative estimate of drug-likeness (QED) is 0.367. The van der Waals surface area contributed by atoms with Crippen molar-refractivity contribution in [2.75, 3.05) is 7.11 Å². The maximum atomic E-state index is 11.8. The Balaban J connectivity index is 2.37. The lowest BCUT2D eigenvalue weighted by Gasteiger charge is -2.15. The first-order valence-electron chi connectivity index (χ1n) is 8.40. The van der Waals surface area contributed by atoms with E-state index in [0.717, 1.165) is 11.1 Å². The second-order valence-electron chi connectivity index (χ2n) is 6.20. The fourth-order valence-electron chi connectivity index (χ4n) is 2.32. The van der Waals surface area contributed by atoms with Gasteiger partial charge in [-0.1, -0.05) is 43.0 Å². The first kappa shape index (κ1) is 21.4. The summed E-state index contributed by atoms with van der Waals surface area (Å²) >= 11 is 6.46. The van der Waals surface area contributed by atoms with Crippen molar-refractivity contribution in [3.63, 3.8) is 0 Å². The van der Waals surface area contributed by atoms with E-state index in [4.69, 9.17) is 25.8 Å². The molecular weight excluding hydrogens is 380 g/mol. The maximum Gasteiger partial charge on any atom is 0.338 e. The van der Waals surface area contributed by atoms with Gasteiger partial charge in [0.1, 0.15) is 11.5 Å². The Hall–Kier alpha value is -2.89. The van der Waals surface area contributed by atoms with E-state index in [1.807, 2.05) is 0 Å². The van der Waals surface area contributed by atoms with Crippen molar-refractivity contribution in [3.8, 4) is 22.6 Å². The number of carbonyl (C=O) groups excluding carboxylic acids is 2. The molecule has 0 saturated heterocycles. The Morgan fingerprint density at radius 2 is 1.50 bits per heavy atom. The van der Waals surface area contributed by atoms with Crippen LogP contribution in [0.25, 0.3) is 11.1 Å². The van der Waals surface area contributed by atoms with Gasteiger partial charge in [0.05, 0.1) is 11.6 Å². The zero-order chi connectivity index (χ0) is 20.8. The summed E-state index contributed by atoms with van der Waals surface area (Å²) in [7, 11) is 1.55. The molecule has 6 heteroatoms. The molecule has 5 nitrogen and oxygen atoms in total. The molecule has 0 aliphatic heterocycles. The van der Waals surface area contributed by atoms with E-state index in [1.54, 1.807) is 57.4 Å². The fraction of sp³-hybridized carbons (Fsp3) is 0.182. The van der Waals surface area contributed by atoms with E-state index in [1.165, 1.54) is 0 Å². The summed E-state index contributed by atoms with van der Waals surface area (Å²) in [6.07, 6.45) is 0. The van der Waals surface area contributed by atoms with Crippen LogP contribution in [0.4, 0.5) is 0 Å². The summed E-state index contributed by atoms with van der Waals surface area (Å²) in [5.74, 6) is -0.401. The maximum absolute atomic E-state index is 11.8. The minimum Gasteiger partial charge on any atom is -0.423 e. The number of carbonyl (C=O) groups is 2. The van der Waals surface area contributed by atoms with Crippen molar-refractivity contribution in [2.45, 2.75) is 20.5 Å². The SMILES string of the molecule is C=C(C)C(=O)Oc1ccc(-c2ccc(OC(=O)C(=C)C)c(Cl)c2COC)cc1. The number of rotatable bonds is 7. The number of hydrogen-bond acceptors (Lipinski definition) is 5. The Labute approximate surface area is 169 Å². The average molecular weight is 401 g/mol. The molecule has 0 N–H and O–H groups in total. The normalized spacial score (nSPS) is 10.3. The van der Waals surface area contributed by atoms with Crippen LogP contribution in [0.2, 0.25) is 5.02 Å². The Morgan fingerprint density at radius 1 is 0.929 bits per heavy atom. The summed E-state index contributed by atoms with van der Waals surface area (Å²) in [6, 6.07) is 10.4. The van der Waals surface area contributed by atoms with Gasteiger partial charge >= 0.3 is 11.9 Å². The van der Waals surface area contributed by atoms with E-state index < -0.39 is 11.9 Å². The summed E-state index contributed by atoms with van der Waals surface area (Å²) in [4.78, 5) is 23.4. The van der Waals surface area contributed by atoms with Crippen LogP contribution in [-0.4, -0.2) is 19.0 Å². The third-order valence-corrected chi connectivity index (χ3v) is 4.19. The first-order chi connectivity index (χ1) is 13.2. The predicted molar refractivity (Wildman–Crippen MR) is 108 cm³/mol. The van der Waals surface area contributed by atoms with Crippen LogP contribution in [0.5, 0.6) is 11.5 Å². The molecule has 0 aliphatic carbocycles. The molecule has 0 radical (unpaired) electrons. The molecule has 28 heavy (non-hydrogen) atoms. The standard InChI is InChI=1S/C22H21ClO5/c1-13(2)21(24)27-16-8-6-15(7-9-16)17-10-11-19(28-22(25)14(3)4)20(23)18(17)12-26-5/h6-11H,1,3,12H2,2,4-5H3. The molecule has 0 saturated carbocycles. The number of methoxy groups -OCH3 is 1. The lowest BCUT2D eigenvalue weighted by Crippen LogP contribution is -2.09. The Kier molecular flexibility index (Phi) is 7.15. The highest BCUT2D eigenvalue weighted by molar-refractivity contribution is 6.33. The number of ether oxygens (including phenoxy) is 3. The van der Waals surface area contributed by atoms with Crippen LogP contribution >= 0.6 is 11.6 Å². The van der Waals surface area contributed by atoms with Gasteiger partial charge in [0.25, 0.3) is 0 Å². The van der Waals surface area contributed by atoms with Gasteiger partial charge in [-0.2, -0.15) is 0 Å². The summed E-state index contributed by atoms with van der Waals surface area (Å²) in [5.41, 5.74) is 2.90. The lowest BCUT2D eigenvalue weighted by atomic mass is 9.99. The second kappa shape index (κ2) is 9.35. The van der Waals surface area contributed by atoms with Crippen LogP contribution in [0, 0.1) is 0 Å². The van der Waals surface area contributed by atoms with Gasteiger partial charge < -0.3 is 14.2 Å². The Bertz CT molecular complexity index is 929. The van der Waals surface area contributed by atoms with E-state index in [2.05, 4.69) is 13.2 Å². The molecule has 0 bridgehead atoms. The van der Waals surface area contributed by atoms with Crippen molar-refractivity contribution >= 4 is 23.5 Å². The van der Waals surface area contributed by atoms with E-state index in [-0.39, 0.29) is 23.0 Å². The highest BCUT2D eigenvalue weighted by Crippen LogP contribution is 2.37. The van der Waals surface area contributed by atoms with Crippen molar-refractivity contribution in [1.29, 1.82) is 0 Å². The zero-order valence-electron chi connectivity index (χ0n) is 16.0. The van der Waals surface area contributed by atoms with Gasteiger partial charge in [0, 0.05) is 23.8 Å². The molecular formula is C22H21ClO5. The first-order valence-corrected chi connectivity index (χ1v) is 8.78.